The van der Waals surface area contributed by atoms with Crippen LogP contribution in [0.1, 0.15) is 19.8 Å². The molecule has 0 aliphatic carbocycles. The first-order valence-electron chi connectivity index (χ1n) is 9.91. The molecule has 0 aromatic carbocycles. The Balaban J connectivity index is 2.04. The molecule has 0 spiro atoms. The Kier molecular flexibility index (Phi) is 9.54. The lowest BCUT2D eigenvalue weighted by molar-refractivity contribution is -0.351. The highest BCUT2D eigenvalue weighted by atomic mass is 16.7. The Bertz CT molecular complexity index is 604. The molecular weight excluding hydrogens is 422 g/mol. The van der Waals surface area contributed by atoms with Crippen molar-refractivity contribution in [3.8, 4) is 0 Å². The van der Waals surface area contributed by atoms with Crippen LogP contribution in [0.4, 0.5) is 0 Å². The predicted octanol–water partition coefficient (Wildman–Crippen LogP) is -3.48. The topological polar surface area (TPSA) is 204 Å². The molecule has 13 nitrogen and oxygen atoms in total. The molecule has 2 heterocycles. The number of carbonyl (C=O) groups is 2. The fraction of sp³-hybridized carbons (Fsp3) is 0.889. The molecule has 2 rings (SSSR count). The van der Waals surface area contributed by atoms with Crippen LogP contribution in [0.3, 0.4) is 0 Å². The number of nitrogens with one attached hydrogen (secondary N) is 1. The van der Waals surface area contributed by atoms with E-state index in [-0.39, 0.29) is 19.4 Å². The van der Waals surface area contributed by atoms with E-state index in [9.17, 15) is 35.1 Å². The minimum atomic E-state index is -1.56. The van der Waals surface area contributed by atoms with Crippen molar-refractivity contribution in [3.05, 3.63) is 0 Å². The number of hydrogen-bond donors (Lipinski definition) is 7. The summed E-state index contributed by atoms with van der Waals surface area (Å²) in [7, 11) is 1.25. The average Bonchev–Trinajstić information content (AvgIpc) is 2.74. The molecule has 2 aliphatic heterocycles. The van der Waals surface area contributed by atoms with Crippen molar-refractivity contribution in [2.75, 3.05) is 20.3 Å². The number of amides is 1. The number of aliphatic hydroxyl groups excluding tert-OH is 5. The van der Waals surface area contributed by atoms with Gasteiger partial charge in [0.15, 0.2) is 12.6 Å². The Labute approximate surface area is 178 Å². The molecule has 0 bridgehead atoms. The number of rotatable bonds is 9. The lowest BCUT2D eigenvalue weighted by atomic mass is 9.90. The monoisotopic (exact) mass is 453 g/mol. The van der Waals surface area contributed by atoms with Gasteiger partial charge in [0.05, 0.1) is 25.2 Å². The second-order valence-electron chi connectivity index (χ2n) is 7.62. The maximum atomic E-state index is 11.8. The molecule has 10 atom stereocenters. The van der Waals surface area contributed by atoms with Crippen molar-refractivity contribution in [3.63, 3.8) is 0 Å². The molecule has 0 radical (unpaired) electrons. The molecule has 2 aliphatic rings. The predicted molar refractivity (Wildman–Crippen MR) is 99.4 cm³/mol. The number of hydrogen-bond acceptors (Lipinski definition) is 11. The lowest BCUT2D eigenvalue weighted by Gasteiger charge is -2.46. The van der Waals surface area contributed by atoms with Gasteiger partial charge in [-0.25, -0.2) is 0 Å². The van der Waals surface area contributed by atoms with Crippen LogP contribution in [0.2, 0.25) is 0 Å². The number of methoxy groups -OCH3 is 1. The van der Waals surface area contributed by atoms with Crippen molar-refractivity contribution in [2.45, 2.75) is 75.1 Å². The van der Waals surface area contributed by atoms with Crippen LogP contribution in [-0.2, 0) is 28.5 Å². The zero-order chi connectivity index (χ0) is 23.3. The van der Waals surface area contributed by atoms with Gasteiger partial charge in [-0.3, -0.25) is 9.59 Å². The van der Waals surface area contributed by atoms with Gasteiger partial charge in [-0.15, -0.1) is 0 Å². The second-order valence-corrected chi connectivity index (χ2v) is 7.62. The maximum absolute atomic E-state index is 11.8. The molecular formula is C18H31NO12. The van der Waals surface area contributed by atoms with Crippen LogP contribution < -0.4 is 5.32 Å². The van der Waals surface area contributed by atoms with Crippen LogP contribution in [0, 0.1) is 5.92 Å². The van der Waals surface area contributed by atoms with E-state index in [0.29, 0.717) is 0 Å². The third-order valence-electron chi connectivity index (χ3n) is 5.47. The smallest absolute Gasteiger partial charge is 0.303 e. The van der Waals surface area contributed by atoms with Crippen molar-refractivity contribution in [1.82, 2.24) is 5.32 Å². The number of ether oxygens (including phenoxy) is 4. The molecule has 31 heavy (non-hydrogen) atoms. The first-order valence-corrected chi connectivity index (χ1v) is 9.91. The van der Waals surface area contributed by atoms with Gasteiger partial charge in [-0.2, -0.15) is 0 Å². The normalized spacial score (nSPS) is 41.0. The van der Waals surface area contributed by atoms with Crippen molar-refractivity contribution in [1.29, 1.82) is 0 Å². The molecule has 180 valence electrons. The summed E-state index contributed by atoms with van der Waals surface area (Å²) in [5.41, 5.74) is 0. The van der Waals surface area contributed by atoms with Crippen LogP contribution >= 0.6 is 0 Å². The van der Waals surface area contributed by atoms with E-state index in [0.717, 1.165) is 0 Å². The quantitative estimate of drug-likeness (QED) is 0.182. The van der Waals surface area contributed by atoms with Gasteiger partial charge < -0.3 is 54.9 Å². The number of carboxylic acid groups (broad SMARTS) is 1. The third-order valence-corrected chi connectivity index (χ3v) is 5.47. The van der Waals surface area contributed by atoms with Crippen LogP contribution in [0.25, 0.3) is 0 Å². The van der Waals surface area contributed by atoms with Gasteiger partial charge in [-0.05, 0) is 0 Å². The summed E-state index contributed by atoms with van der Waals surface area (Å²) < 4.78 is 21.5. The largest absolute Gasteiger partial charge is 0.481 e. The molecule has 13 heteroatoms. The Morgan fingerprint density at radius 1 is 0.935 bits per heavy atom. The molecule has 0 saturated carbocycles. The summed E-state index contributed by atoms with van der Waals surface area (Å²) in [6, 6.07) is 0. The highest BCUT2D eigenvalue weighted by Gasteiger charge is 2.50. The number of aliphatic hydroxyl groups is 5. The first kappa shape index (κ1) is 25.8. The first-order chi connectivity index (χ1) is 14.6. The zero-order valence-corrected chi connectivity index (χ0v) is 17.2. The van der Waals surface area contributed by atoms with E-state index in [4.69, 9.17) is 24.1 Å². The van der Waals surface area contributed by atoms with Crippen molar-refractivity contribution >= 4 is 11.9 Å². The third kappa shape index (κ3) is 6.31. The van der Waals surface area contributed by atoms with E-state index >= 15 is 0 Å². The van der Waals surface area contributed by atoms with E-state index < -0.39 is 79.7 Å². The summed E-state index contributed by atoms with van der Waals surface area (Å²) in [4.78, 5) is 22.3. The average molecular weight is 453 g/mol. The SMILES string of the molecule is CO[C@@H]1OC(CO)[C@H](O[C@@H]2OC(CNC(=O)CCC(=O)O)[C@H](C)[C@H](O)C2O)[C@H](O)C1O. The Hall–Kier alpha value is -1.42. The fourth-order valence-corrected chi connectivity index (χ4v) is 3.51. The van der Waals surface area contributed by atoms with Crippen LogP contribution in [0.5, 0.6) is 0 Å². The summed E-state index contributed by atoms with van der Waals surface area (Å²) >= 11 is 0. The number of carbonyl (C=O) groups excluding carboxylic acids is 1. The summed E-state index contributed by atoms with van der Waals surface area (Å²) in [6.45, 7) is 0.893. The zero-order valence-electron chi connectivity index (χ0n) is 17.2. The highest BCUT2D eigenvalue weighted by Crippen LogP contribution is 2.31. The van der Waals surface area contributed by atoms with E-state index in [1.165, 1.54) is 7.11 Å². The number of carboxylic acids is 1. The van der Waals surface area contributed by atoms with Gasteiger partial charge in [0.2, 0.25) is 5.91 Å². The van der Waals surface area contributed by atoms with Crippen LogP contribution in [-0.4, -0.2) is 118 Å². The molecule has 0 aromatic rings. The molecule has 0 aromatic heterocycles. The standard InChI is InChI=1S/C18H31NO12/c1-7-8(5-19-10(21)3-4-11(22)23)29-18(14(26)12(7)24)31-16-9(6-20)30-17(28-2)15(27)13(16)25/h7-9,12-18,20,24-27H,3-6H2,1-2H3,(H,19,21)(H,22,23)/t7-,8?,9?,12-,13+,14?,15?,16-,17+,18-/m0/s1. The van der Waals surface area contributed by atoms with Gasteiger partial charge in [0.1, 0.15) is 30.5 Å². The molecule has 2 fully saturated rings. The van der Waals surface area contributed by atoms with E-state index in [2.05, 4.69) is 5.32 Å². The lowest BCUT2D eigenvalue weighted by Crippen LogP contribution is -2.63. The highest BCUT2D eigenvalue weighted by molar-refractivity contribution is 5.80. The van der Waals surface area contributed by atoms with E-state index in [1.807, 2.05) is 0 Å². The molecule has 7 N–H and O–H groups in total. The summed E-state index contributed by atoms with van der Waals surface area (Å²) in [5.74, 6) is -2.27. The Morgan fingerprint density at radius 2 is 1.55 bits per heavy atom. The van der Waals surface area contributed by atoms with Crippen molar-refractivity contribution in [2.24, 2.45) is 5.92 Å². The maximum Gasteiger partial charge on any atom is 0.303 e. The minimum absolute atomic E-state index is 0.0925. The summed E-state index contributed by atoms with van der Waals surface area (Å²) in [6.07, 6.45) is -12.4. The second kappa shape index (κ2) is 11.4. The van der Waals surface area contributed by atoms with Gasteiger partial charge in [0, 0.05) is 26.0 Å². The fourth-order valence-electron chi connectivity index (χ4n) is 3.51. The minimum Gasteiger partial charge on any atom is -0.481 e. The van der Waals surface area contributed by atoms with Gasteiger partial charge >= 0.3 is 5.97 Å². The molecule has 2 saturated heterocycles. The Morgan fingerprint density at radius 3 is 2.13 bits per heavy atom. The number of aliphatic carboxylic acids is 1. The van der Waals surface area contributed by atoms with Gasteiger partial charge in [0.25, 0.3) is 0 Å². The van der Waals surface area contributed by atoms with Crippen molar-refractivity contribution < 1.29 is 59.2 Å². The summed E-state index contributed by atoms with van der Waals surface area (Å²) in [5, 5.41) is 61.9. The van der Waals surface area contributed by atoms with E-state index in [1.54, 1.807) is 6.92 Å². The van der Waals surface area contributed by atoms with Crippen LogP contribution in [0.15, 0.2) is 0 Å². The molecule has 4 unspecified atom stereocenters. The molecule has 1 amide bonds. The van der Waals surface area contributed by atoms with Gasteiger partial charge in [-0.1, -0.05) is 6.92 Å².